The summed E-state index contributed by atoms with van der Waals surface area (Å²) in [6.07, 6.45) is -2.31. The molecule has 14 heteroatoms. The van der Waals surface area contributed by atoms with Gasteiger partial charge in [0, 0.05) is 11.0 Å². The van der Waals surface area contributed by atoms with Crippen LogP contribution in [0.5, 0.6) is 6.01 Å². The normalized spacial score (nSPS) is 12.1. The number of rotatable bonds is 11. The third-order valence-corrected chi connectivity index (χ3v) is 8.48. The van der Waals surface area contributed by atoms with Crippen LogP contribution in [-0.2, 0) is 27.4 Å². The average molecular weight is 721 g/mol. The van der Waals surface area contributed by atoms with Crippen molar-refractivity contribution in [2.75, 3.05) is 6.61 Å². The summed E-state index contributed by atoms with van der Waals surface area (Å²) in [6, 6.07) is 20.8. The minimum atomic E-state index is -1.29. The zero-order valence-corrected chi connectivity index (χ0v) is 30.6. The van der Waals surface area contributed by atoms with Crippen molar-refractivity contribution >= 4 is 23.2 Å². The van der Waals surface area contributed by atoms with Crippen molar-refractivity contribution < 1.29 is 33.1 Å². The number of hydrogen-bond donors (Lipinski definition) is 1. The van der Waals surface area contributed by atoms with Crippen LogP contribution in [0.25, 0.3) is 33.5 Å². The number of nitrogens with one attached hydrogen (secondary N) is 1. The number of esters is 1. The maximum absolute atomic E-state index is 13.9. The SMILES string of the molecule is CCOc1nc2cccc(C(=O)OC(OC(=O)OCc3nc(C)c(C)nc3C)C(C)(C)C)c2n1Cc1ccc(-c2ccccc2-c2noc(=O)[nH]2)cc1. The van der Waals surface area contributed by atoms with E-state index in [1.165, 1.54) is 0 Å². The van der Waals surface area contributed by atoms with E-state index in [0.717, 1.165) is 28.1 Å². The third-order valence-electron chi connectivity index (χ3n) is 8.48. The molecule has 14 nitrogen and oxygen atoms in total. The van der Waals surface area contributed by atoms with Crippen molar-refractivity contribution in [2.24, 2.45) is 5.41 Å². The molecule has 6 rings (SSSR count). The maximum atomic E-state index is 13.9. The Hall–Kier alpha value is -6.31. The minimum Gasteiger partial charge on any atom is -0.465 e. The number of ether oxygens (including phenoxy) is 4. The first-order valence-electron chi connectivity index (χ1n) is 17.0. The van der Waals surface area contributed by atoms with Crippen LogP contribution >= 0.6 is 0 Å². The number of hydrogen-bond acceptors (Lipinski definition) is 12. The Balaban J connectivity index is 1.25. The number of para-hydroxylation sites is 1. The highest BCUT2D eigenvalue weighted by atomic mass is 16.8. The van der Waals surface area contributed by atoms with Gasteiger partial charge in [-0.1, -0.05) is 80.5 Å². The quantitative estimate of drug-likeness (QED) is 0.106. The average Bonchev–Trinajstić information content (AvgIpc) is 3.72. The molecule has 0 bridgehead atoms. The van der Waals surface area contributed by atoms with Gasteiger partial charge >= 0.3 is 17.9 Å². The van der Waals surface area contributed by atoms with Crippen molar-refractivity contribution in [3.05, 3.63) is 111 Å². The molecule has 0 fully saturated rings. The van der Waals surface area contributed by atoms with Gasteiger partial charge in [0.2, 0.25) is 0 Å². The van der Waals surface area contributed by atoms with E-state index in [4.69, 9.17) is 23.5 Å². The fourth-order valence-corrected chi connectivity index (χ4v) is 5.66. The van der Waals surface area contributed by atoms with Gasteiger partial charge in [-0.25, -0.2) is 14.4 Å². The van der Waals surface area contributed by atoms with E-state index in [1.807, 2.05) is 73.9 Å². The molecule has 0 amide bonds. The van der Waals surface area contributed by atoms with Crippen molar-refractivity contribution in [2.45, 2.75) is 67.9 Å². The lowest BCUT2D eigenvalue weighted by Gasteiger charge is -2.29. The molecular weight excluding hydrogens is 680 g/mol. The molecule has 53 heavy (non-hydrogen) atoms. The highest BCUT2D eigenvalue weighted by Crippen LogP contribution is 2.32. The van der Waals surface area contributed by atoms with Crippen LogP contribution in [0, 0.1) is 26.2 Å². The zero-order valence-electron chi connectivity index (χ0n) is 30.6. The van der Waals surface area contributed by atoms with Crippen molar-refractivity contribution in [3.63, 3.8) is 0 Å². The number of H-pyrrole nitrogens is 1. The molecule has 3 aromatic heterocycles. The molecule has 0 saturated heterocycles. The smallest absolute Gasteiger partial charge is 0.465 e. The summed E-state index contributed by atoms with van der Waals surface area (Å²) in [5, 5.41) is 3.85. The number of nitrogens with zero attached hydrogens (tertiary/aromatic N) is 5. The van der Waals surface area contributed by atoms with Crippen molar-refractivity contribution in [1.82, 2.24) is 29.7 Å². The molecule has 1 N–H and O–H groups in total. The molecule has 0 aliphatic rings. The number of aromatic nitrogens is 6. The number of aromatic amines is 1. The van der Waals surface area contributed by atoms with Crippen LogP contribution in [-0.4, -0.2) is 54.7 Å². The van der Waals surface area contributed by atoms with E-state index >= 15 is 0 Å². The first-order chi connectivity index (χ1) is 25.3. The molecule has 3 aromatic carbocycles. The van der Waals surface area contributed by atoms with E-state index in [2.05, 4.69) is 25.1 Å². The summed E-state index contributed by atoms with van der Waals surface area (Å²) < 4.78 is 29.3. The summed E-state index contributed by atoms with van der Waals surface area (Å²) in [7, 11) is 0. The van der Waals surface area contributed by atoms with E-state index in [0.29, 0.717) is 53.0 Å². The molecule has 3 heterocycles. The van der Waals surface area contributed by atoms with E-state index in [9.17, 15) is 14.4 Å². The Morgan fingerprint density at radius 1 is 0.868 bits per heavy atom. The Labute approximate surface area is 305 Å². The molecule has 0 saturated carbocycles. The number of carbonyl (C=O) groups is 2. The van der Waals surface area contributed by atoms with Crippen LogP contribution < -0.4 is 10.5 Å². The molecule has 274 valence electrons. The number of imidazole rings is 1. The van der Waals surface area contributed by atoms with Gasteiger partial charge in [-0.2, -0.15) is 4.98 Å². The largest absolute Gasteiger partial charge is 0.511 e. The van der Waals surface area contributed by atoms with Crippen molar-refractivity contribution in [3.8, 4) is 28.5 Å². The van der Waals surface area contributed by atoms with Crippen LogP contribution in [0.4, 0.5) is 4.79 Å². The minimum absolute atomic E-state index is 0.155. The number of aryl methyl sites for hydroxylation is 3. The fraction of sp³-hybridized carbons (Fsp3) is 0.308. The molecule has 1 atom stereocenters. The molecule has 0 spiro atoms. The van der Waals surface area contributed by atoms with Gasteiger partial charge < -0.3 is 18.9 Å². The summed E-state index contributed by atoms with van der Waals surface area (Å²) in [5.74, 6) is -1.02. The summed E-state index contributed by atoms with van der Waals surface area (Å²) >= 11 is 0. The van der Waals surface area contributed by atoms with Gasteiger partial charge in [-0.3, -0.25) is 24.0 Å². The predicted molar refractivity (Wildman–Crippen MR) is 194 cm³/mol. The standard InChI is InChI=1S/C39H40N6O8/c1-8-49-36-42-30-15-11-14-29(34(46)51-35(39(5,6)7)52-38(48)50-21-31-24(4)40-22(2)23(3)41-31)32(30)45(36)20-25-16-18-26(19-17-25)27-12-9-10-13-28(27)33-43-37(47)53-44-33/h9-19,35H,8,20-21H2,1-7H3,(H,43,44,47). The number of fused-ring (bicyclic) bond motifs is 1. The zero-order chi connectivity index (χ0) is 37.9. The first kappa shape index (κ1) is 36.5. The van der Waals surface area contributed by atoms with Crippen LogP contribution in [0.1, 0.15) is 66.4 Å². The summed E-state index contributed by atoms with van der Waals surface area (Å²) in [5.41, 5.74) is 6.42. The molecule has 1 unspecified atom stereocenters. The van der Waals surface area contributed by atoms with Gasteiger partial charge in [0.05, 0.1) is 52.5 Å². The van der Waals surface area contributed by atoms with Gasteiger partial charge in [0.15, 0.2) is 5.82 Å². The number of benzene rings is 3. The van der Waals surface area contributed by atoms with Crippen LogP contribution in [0.2, 0.25) is 0 Å². The molecule has 0 radical (unpaired) electrons. The Morgan fingerprint density at radius 3 is 2.26 bits per heavy atom. The first-order valence-corrected chi connectivity index (χ1v) is 17.0. The maximum Gasteiger partial charge on any atom is 0.511 e. The molecule has 0 aliphatic carbocycles. The third kappa shape index (κ3) is 8.11. The molecular formula is C39H40N6O8. The van der Waals surface area contributed by atoms with Crippen molar-refractivity contribution in [1.29, 1.82) is 0 Å². The highest BCUT2D eigenvalue weighted by Gasteiger charge is 2.34. The lowest BCUT2D eigenvalue weighted by molar-refractivity contribution is -0.143. The molecule has 0 aliphatic heterocycles. The second-order valence-electron chi connectivity index (χ2n) is 13.5. The molecule has 6 aromatic rings. The van der Waals surface area contributed by atoms with Gasteiger partial charge in [0.1, 0.15) is 6.61 Å². The Kier molecular flexibility index (Phi) is 10.4. The lowest BCUT2D eigenvalue weighted by Crippen LogP contribution is -2.36. The van der Waals surface area contributed by atoms with Gasteiger partial charge in [0.25, 0.3) is 12.3 Å². The second kappa shape index (κ2) is 15.1. The predicted octanol–water partition coefficient (Wildman–Crippen LogP) is 7.09. The van der Waals surface area contributed by atoms with E-state index in [1.54, 1.807) is 45.9 Å². The lowest BCUT2D eigenvalue weighted by atomic mass is 9.96. The Morgan fingerprint density at radius 2 is 1.58 bits per heavy atom. The summed E-state index contributed by atoms with van der Waals surface area (Å²) in [6.45, 7) is 13.2. The fourth-order valence-electron chi connectivity index (χ4n) is 5.66. The topological polar surface area (TPSA) is 174 Å². The van der Waals surface area contributed by atoms with E-state index < -0.39 is 29.6 Å². The van der Waals surface area contributed by atoms with Crippen LogP contribution in [0.15, 0.2) is 76.0 Å². The summed E-state index contributed by atoms with van der Waals surface area (Å²) in [4.78, 5) is 54.6. The van der Waals surface area contributed by atoms with Gasteiger partial charge in [-0.05, 0) is 56.5 Å². The highest BCUT2D eigenvalue weighted by molar-refractivity contribution is 6.02. The van der Waals surface area contributed by atoms with E-state index in [-0.39, 0.29) is 12.2 Å². The number of carbonyl (C=O) groups excluding carboxylic acids is 2. The van der Waals surface area contributed by atoms with Gasteiger partial charge in [-0.15, -0.1) is 0 Å². The monoisotopic (exact) mass is 720 g/mol. The second-order valence-corrected chi connectivity index (χ2v) is 13.5. The van der Waals surface area contributed by atoms with Crippen LogP contribution in [0.3, 0.4) is 0 Å². The Bertz CT molecular complexity index is 2340.